The lowest BCUT2D eigenvalue weighted by Gasteiger charge is -2.46. The summed E-state index contributed by atoms with van der Waals surface area (Å²) in [5.41, 5.74) is 0. The molecule has 0 aromatic rings. The number of aliphatic hydroxyl groups excluding tert-OH is 8. The van der Waals surface area contributed by atoms with Crippen LogP contribution in [-0.4, -0.2) is 140 Å². The second-order valence-corrected chi connectivity index (χ2v) is 19.7. The summed E-state index contributed by atoms with van der Waals surface area (Å²) in [6.07, 6.45) is 29.3. The number of rotatable bonds is 43. The number of aliphatic hydroxyl groups is 8. The van der Waals surface area contributed by atoms with Crippen LogP contribution in [0.25, 0.3) is 0 Å². The average Bonchev–Trinajstić information content (AvgIpc) is 3.34. The van der Waals surface area contributed by atoms with Gasteiger partial charge in [-0.3, -0.25) is 4.79 Å². The van der Waals surface area contributed by atoms with Crippen molar-refractivity contribution in [3.63, 3.8) is 0 Å². The minimum Gasteiger partial charge on any atom is -0.394 e. The Morgan fingerprint density at radius 3 is 1.40 bits per heavy atom. The van der Waals surface area contributed by atoms with Gasteiger partial charge < -0.3 is 65.1 Å². The van der Waals surface area contributed by atoms with Gasteiger partial charge in [0.1, 0.15) is 48.8 Å². The number of carbonyl (C=O) groups excluding carboxylic acids is 1. The van der Waals surface area contributed by atoms with Gasteiger partial charge in [0, 0.05) is 6.42 Å². The second kappa shape index (κ2) is 41.0. The molecule has 1 amide bonds. The zero-order chi connectivity index (χ0) is 49.6. The minimum atomic E-state index is -1.79. The molecule has 2 rings (SSSR count). The van der Waals surface area contributed by atoms with Gasteiger partial charge in [0.05, 0.1) is 32.0 Å². The lowest BCUT2D eigenvalue weighted by Crippen LogP contribution is -2.65. The first-order chi connectivity index (χ1) is 33.1. The SMILES string of the molecule is CCCCCCCC/C=C\CCCCCCCCCCCCCC(=O)NC(CO[C@@H]1O[C@H](CO)[C@H](O[C@H]2O[C@H](CO)[C@H](O)[C@H](O)[C@H]2O)[C@H](O)[C@H]1O)C(O)/C=C\CCCCCCCCCCCCC. The smallest absolute Gasteiger partial charge is 0.220 e. The van der Waals surface area contributed by atoms with Crippen LogP contribution in [0.5, 0.6) is 0 Å². The van der Waals surface area contributed by atoms with E-state index in [1.54, 1.807) is 6.08 Å². The summed E-state index contributed by atoms with van der Waals surface area (Å²) < 4.78 is 22.7. The molecule has 0 radical (unpaired) electrons. The van der Waals surface area contributed by atoms with Crippen molar-refractivity contribution in [1.82, 2.24) is 5.32 Å². The van der Waals surface area contributed by atoms with Gasteiger partial charge in [0.25, 0.3) is 0 Å². The highest BCUT2D eigenvalue weighted by Crippen LogP contribution is 2.30. The van der Waals surface area contributed by atoms with Crippen LogP contribution < -0.4 is 5.32 Å². The molecule has 0 spiro atoms. The van der Waals surface area contributed by atoms with E-state index in [1.807, 2.05) is 6.08 Å². The fourth-order valence-electron chi connectivity index (χ4n) is 9.11. The molecule has 2 unspecified atom stereocenters. The number of carbonyl (C=O) groups is 1. The summed E-state index contributed by atoms with van der Waals surface area (Å²) in [7, 11) is 0. The van der Waals surface area contributed by atoms with Crippen molar-refractivity contribution in [1.29, 1.82) is 0 Å². The van der Waals surface area contributed by atoms with E-state index in [9.17, 15) is 45.6 Å². The molecule has 14 heteroatoms. The van der Waals surface area contributed by atoms with Crippen LogP contribution in [0.15, 0.2) is 24.3 Å². The van der Waals surface area contributed by atoms with Crippen molar-refractivity contribution < 1.29 is 64.6 Å². The Bertz CT molecular complexity index is 1240. The van der Waals surface area contributed by atoms with Gasteiger partial charge in [-0.2, -0.15) is 0 Å². The standard InChI is InChI=1S/C54H101NO13/c1-3-5-7-9-11-13-15-17-18-19-20-21-22-23-24-26-28-30-32-34-36-38-46(59)55-42(43(58)37-35-33-31-29-27-25-16-14-12-10-8-6-4-2)41-65-53-51(64)49(62)52(45(40-57)67-53)68-54-50(63)48(61)47(60)44(39-56)66-54/h17-18,35,37,42-45,47-54,56-58,60-64H,3-16,19-34,36,38-41H2,1-2H3,(H,55,59)/b18-17-,37-35-/t42?,43?,44-,45-,47+,48+,49-,50-,51-,52+,53-,54-/m1/s1. The molecule has 68 heavy (non-hydrogen) atoms. The van der Waals surface area contributed by atoms with Gasteiger partial charge in [-0.25, -0.2) is 0 Å². The number of unbranched alkanes of at least 4 members (excludes halogenated alkanes) is 28. The van der Waals surface area contributed by atoms with E-state index in [4.69, 9.17) is 18.9 Å². The van der Waals surface area contributed by atoms with E-state index in [0.717, 1.165) is 38.5 Å². The maximum atomic E-state index is 13.2. The van der Waals surface area contributed by atoms with Gasteiger partial charge in [-0.15, -0.1) is 0 Å². The Balaban J connectivity index is 1.78. The maximum Gasteiger partial charge on any atom is 0.220 e. The first-order valence-corrected chi connectivity index (χ1v) is 27.6. The maximum absolute atomic E-state index is 13.2. The van der Waals surface area contributed by atoms with Crippen molar-refractivity contribution in [2.24, 2.45) is 0 Å². The molecule has 14 nitrogen and oxygen atoms in total. The third-order valence-electron chi connectivity index (χ3n) is 13.6. The largest absolute Gasteiger partial charge is 0.394 e. The number of ether oxygens (including phenoxy) is 4. The molecule has 400 valence electrons. The minimum absolute atomic E-state index is 0.240. The Morgan fingerprint density at radius 2 is 0.926 bits per heavy atom. The fourth-order valence-corrected chi connectivity index (χ4v) is 9.11. The Labute approximate surface area is 411 Å². The van der Waals surface area contributed by atoms with Crippen molar-refractivity contribution in [2.75, 3.05) is 19.8 Å². The topological polar surface area (TPSA) is 228 Å². The van der Waals surface area contributed by atoms with Crippen molar-refractivity contribution in [2.45, 2.75) is 293 Å². The van der Waals surface area contributed by atoms with Gasteiger partial charge in [0.2, 0.25) is 5.91 Å². The third kappa shape index (κ3) is 27.3. The van der Waals surface area contributed by atoms with Crippen LogP contribution in [0.1, 0.15) is 219 Å². The molecular weight excluding hydrogens is 871 g/mol. The molecule has 12 atom stereocenters. The van der Waals surface area contributed by atoms with Crippen LogP contribution in [0.2, 0.25) is 0 Å². The van der Waals surface area contributed by atoms with Crippen LogP contribution in [0, 0.1) is 0 Å². The molecule has 2 heterocycles. The zero-order valence-corrected chi connectivity index (χ0v) is 42.6. The predicted octanol–water partition coefficient (Wildman–Crippen LogP) is 8.11. The van der Waals surface area contributed by atoms with Crippen LogP contribution in [-0.2, 0) is 23.7 Å². The monoisotopic (exact) mass is 972 g/mol. The molecule has 0 bridgehead atoms. The molecule has 2 aliphatic rings. The van der Waals surface area contributed by atoms with Gasteiger partial charge in [-0.05, 0) is 44.9 Å². The normalized spacial score (nSPS) is 26.5. The summed E-state index contributed by atoms with van der Waals surface area (Å²) in [6.45, 7) is 2.79. The Hall–Kier alpha value is -1.53. The van der Waals surface area contributed by atoms with E-state index < -0.39 is 86.8 Å². The molecule has 0 aliphatic carbocycles. The molecule has 0 aromatic carbocycles. The summed E-state index contributed by atoms with van der Waals surface area (Å²) in [5.74, 6) is -0.240. The first-order valence-electron chi connectivity index (χ1n) is 27.6. The van der Waals surface area contributed by atoms with E-state index in [-0.39, 0.29) is 18.9 Å². The van der Waals surface area contributed by atoms with Crippen LogP contribution in [0.4, 0.5) is 0 Å². The number of allylic oxidation sites excluding steroid dienone is 3. The van der Waals surface area contributed by atoms with Gasteiger partial charge in [-0.1, -0.05) is 192 Å². The predicted molar refractivity (Wildman–Crippen MR) is 268 cm³/mol. The molecular formula is C54H101NO13. The molecule has 2 fully saturated rings. The molecule has 2 aliphatic heterocycles. The van der Waals surface area contributed by atoms with Crippen LogP contribution in [0.3, 0.4) is 0 Å². The highest BCUT2D eigenvalue weighted by molar-refractivity contribution is 5.76. The van der Waals surface area contributed by atoms with Crippen molar-refractivity contribution in [3.05, 3.63) is 24.3 Å². The lowest BCUT2D eigenvalue weighted by molar-refractivity contribution is -0.359. The number of hydrogen-bond acceptors (Lipinski definition) is 13. The second-order valence-electron chi connectivity index (χ2n) is 19.7. The summed E-state index contributed by atoms with van der Waals surface area (Å²) >= 11 is 0. The number of amides is 1. The number of nitrogens with one attached hydrogen (secondary N) is 1. The lowest BCUT2D eigenvalue weighted by atomic mass is 9.97. The first kappa shape index (κ1) is 62.6. The fraction of sp³-hybridized carbons (Fsp3) is 0.907. The molecule has 9 N–H and O–H groups in total. The summed E-state index contributed by atoms with van der Waals surface area (Å²) in [6, 6.07) is -0.911. The van der Waals surface area contributed by atoms with Crippen molar-refractivity contribution >= 4 is 5.91 Å². The average molecular weight is 972 g/mol. The Kier molecular flexibility index (Phi) is 37.7. The zero-order valence-electron chi connectivity index (χ0n) is 42.6. The quantitative estimate of drug-likeness (QED) is 0.0208. The highest BCUT2D eigenvalue weighted by Gasteiger charge is 2.51. The highest BCUT2D eigenvalue weighted by atomic mass is 16.7. The summed E-state index contributed by atoms with van der Waals surface area (Å²) in [5, 5.41) is 86.8. The van der Waals surface area contributed by atoms with Gasteiger partial charge in [0.15, 0.2) is 12.6 Å². The summed E-state index contributed by atoms with van der Waals surface area (Å²) in [4.78, 5) is 13.2. The molecule has 0 saturated carbocycles. The number of hydrogen-bond donors (Lipinski definition) is 9. The van der Waals surface area contributed by atoms with E-state index >= 15 is 0 Å². The van der Waals surface area contributed by atoms with Crippen LogP contribution >= 0.6 is 0 Å². The van der Waals surface area contributed by atoms with E-state index in [2.05, 4.69) is 31.3 Å². The van der Waals surface area contributed by atoms with Gasteiger partial charge >= 0.3 is 0 Å². The molecule has 0 aromatic heterocycles. The third-order valence-corrected chi connectivity index (χ3v) is 13.6. The Morgan fingerprint density at radius 1 is 0.515 bits per heavy atom. The van der Waals surface area contributed by atoms with E-state index in [0.29, 0.717) is 6.42 Å². The van der Waals surface area contributed by atoms with E-state index in [1.165, 1.54) is 154 Å². The van der Waals surface area contributed by atoms with Crippen molar-refractivity contribution in [3.8, 4) is 0 Å². The molecule has 2 saturated heterocycles.